The Morgan fingerprint density at radius 1 is 1.29 bits per heavy atom. The quantitative estimate of drug-likeness (QED) is 0.611. The molecule has 2 rings (SSSR count). The molecule has 0 bridgehead atoms. The molecule has 0 aliphatic rings. The number of hydrogen-bond donors (Lipinski definition) is 1. The van der Waals surface area contributed by atoms with Crippen molar-refractivity contribution in [3.8, 4) is 11.6 Å². The van der Waals surface area contributed by atoms with Gasteiger partial charge in [-0.2, -0.15) is 0 Å². The van der Waals surface area contributed by atoms with Gasteiger partial charge in [0.1, 0.15) is 17.2 Å². The number of aliphatic imine (C=N–C) groups is 1. The van der Waals surface area contributed by atoms with Crippen LogP contribution in [0.15, 0.2) is 34.1 Å². The number of nitrogens with zero attached hydrogens (tertiary/aromatic N) is 2. The first-order valence-corrected chi connectivity index (χ1v) is 8.22. The maximum absolute atomic E-state index is 11.9. The zero-order valence-electron chi connectivity index (χ0n) is 13.4. The third-order valence-corrected chi connectivity index (χ3v) is 3.87. The van der Waals surface area contributed by atoms with Gasteiger partial charge >= 0.3 is 10.8 Å². The van der Waals surface area contributed by atoms with Gasteiger partial charge in [0.25, 0.3) is 0 Å². The van der Waals surface area contributed by atoms with Gasteiger partial charge in [0.15, 0.2) is 0 Å². The highest BCUT2D eigenvalue weighted by Crippen LogP contribution is 2.21. The molecule has 2 aromatic rings. The first kappa shape index (κ1) is 17.7. The van der Waals surface area contributed by atoms with Gasteiger partial charge in [-0.3, -0.25) is 19.1 Å². The average Bonchev–Trinajstić information content (AvgIpc) is 2.82. The van der Waals surface area contributed by atoms with Crippen LogP contribution in [0.5, 0.6) is 11.6 Å². The number of rotatable bonds is 7. The summed E-state index contributed by atoms with van der Waals surface area (Å²) in [6.45, 7) is 4.04. The lowest BCUT2D eigenvalue weighted by Gasteiger charge is -2.03. The van der Waals surface area contributed by atoms with Gasteiger partial charge in [-0.1, -0.05) is 11.3 Å². The molecule has 24 heavy (non-hydrogen) atoms. The van der Waals surface area contributed by atoms with E-state index in [-0.39, 0.29) is 23.9 Å². The fourth-order valence-electron chi connectivity index (χ4n) is 1.90. The van der Waals surface area contributed by atoms with Crippen LogP contribution < -0.4 is 9.61 Å². The SMILES string of the molecule is CCOC(=O)Cn1c(O)c(C=Nc2ccc(OCC)cc2)sc1=O. The predicted octanol–water partition coefficient (Wildman–Crippen LogP) is 2.33. The van der Waals surface area contributed by atoms with E-state index in [1.165, 1.54) is 6.21 Å². The Bertz CT molecular complexity index is 777. The highest BCUT2D eigenvalue weighted by Gasteiger charge is 2.15. The lowest BCUT2D eigenvalue weighted by atomic mass is 10.3. The van der Waals surface area contributed by atoms with Gasteiger partial charge < -0.3 is 14.6 Å². The highest BCUT2D eigenvalue weighted by atomic mass is 32.1. The molecule has 0 amide bonds. The van der Waals surface area contributed by atoms with Crippen molar-refractivity contribution < 1.29 is 19.4 Å². The van der Waals surface area contributed by atoms with E-state index >= 15 is 0 Å². The number of benzene rings is 1. The third-order valence-electron chi connectivity index (χ3n) is 2.96. The monoisotopic (exact) mass is 350 g/mol. The molecule has 0 radical (unpaired) electrons. The minimum atomic E-state index is -0.581. The van der Waals surface area contributed by atoms with Crippen molar-refractivity contribution in [3.05, 3.63) is 38.8 Å². The number of carbonyl (C=O) groups is 1. The number of thiazole rings is 1. The van der Waals surface area contributed by atoms with Crippen molar-refractivity contribution >= 4 is 29.2 Å². The first-order valence-electron chi connectivity index (χ1n) is 7.40. The summed E-state index contributed by atoms with van der Waals surface area (Å²) in [5.41, 5.74) is 0.649. The summed E-state index contributed by atoms with van der Waals surface area (Å²) in [6, 6.07) is 7.09. The number of hydrogen-bond acceptors (Lipinski definition) is 7. The molecule has 8 heteroatoms. The van der Waals surface area contributed by atoms with Crippen LogP contribution in [-0.4, -0.2) is 35.1 Å². The summed E-state index contributed by atoms with van der Waals surface area (Å²) in [4.78, 5) is 27.4. The van der Waals surface area contributed by atoms with E-state index in [2.05, 4.69) is 4.99 Å². The van der Waals surface area contributed by atoms with E-state index in [0.717, 1.165) is 21.7 Å². The summed E-state index contributed by atoms with van der Waals surface area (Å²) in [7, 11) is 0. The van der Waals surface area contributed by atoms with Gasteiger partial charge in [0, 0.05) is 0 Å². The summed E-state index contributed by atoms with van der Waals surface area (Å²) in [5.74, 6) is -0.139. The Balaban J connectivity index is 2.15. The minimum absolute atomic E-state index is 0.213. The second-order valence-electron chi connectivity index (χ2n) is 4.63. The Morgan fingerprint density at radius 2 is 2.00 bits per heavy atom. The van der Waals surface area contributed by atoms with E-state index in [4.69, 9.17) is 9.47 Å². The zero-order valence-corrected chi connectivity index (χ0v) is 14.2. The Labute approximate surface area is 142 Å². The highest BCUT2D eigenvalue weighted by molar-refractivity contribution is 7.11. The van der Waals surface area contributed by atoms with Crippen molar-refractivity contribution in [2.75, 3.05) is 13.2 Å². The van der Waals surface area contributed by atoms with Crippen molar-refractivity contribution in [1.82, 2.24) is 4.57 Å². The molecule has 7 nitrogen and oxygen atoms in total. The number of carbonyl (C=O) groups excluding carboxylic acids is 1. The topological polar surface area (TPSA) is 90.1 Å². The van der Waals surface area contributed by atoms with Crippen molar-refractivity contribution in [3.63, 3.8) is 0 Å². The largest absolute Gasteiger partial charge is 0.494 e. The summed E-state index contributed by atoms with van der Waals surface area (Å²) < 4.78 is 11.1. The van der Waals surface area contributed by atoms with E-state index < -0.39 is 10.8 Å². The molecular weight excluding hydrogens is 332 g/mol. The molecule has 128 valence electrons. The fourth-order valence-corrected chi connectivity index (χ4v) is 2.66. The molecular formula is C16H18N2O5S. The minimum Gasteiger partial charge on any atom is -0.494 e. The van der Waals surface area contributed by atoms with Crippen LogP contribution in [0.25, 0.3) is 0 Å². The van der Waals surface area contributed by atoms with E-state index in [1.807, 2.05) is 6.92 Å². The summed E-state index contributed by atoms with van der Waals surface area (Å²) in [5, 5.41) is 10.1. The maximum atomic E-state index is 11.9. The summed E-state index contributed by atoms with van der Waals surface area (Å²) in [6.07, 6.45) is 1.39. The van der Waals surface area contributed by atoms with Gasteiger partial charge in [0.05, 0.1) is 25.1 Å². The molecule has 0 spiro atoms. The Hall–Kier alpha value is -2.61. The standard InChI is InChI=1S/C16H18N2O5S/c1-3-22-12-7-5-11(6-8-12)17-9-13-15(20)18(16(21)24-13)10-14(19)23-4-2/h5-9,20H,3-4,10H2,1-2H3. The van der Waals surface area contributed by atoms with Crippen LogP contribution in [0.1, 0.15) is 18.7 Å². The normalized spacial score (nSPS) is 10.9. The molecule has 0 aliphatic carbocycles. The molecule has 0 saturated carbocycles. The Kier molecular flexibility index (Phi) is 6.14. The van der Waals surface area contributed by atoms with E-state index in [1.54, 1.807) is 31.2 Å². The third kappa shape index (κ3) is 4.45. The van der Waals surface area contributed by atoms with Crippen LogP contribution in [0.3, 0.4) is 0 Å². The smallest absolute Gasteiger partial charge is 0.326 e. The zero-order chi connectivity index (χ0) is 17.5. The fraction of sp³-hybridized carbons (Fsp3) is 0.312. The number of ether oxygens (including phenoxy) is 2. The first-order chi connectivity index (χ1) is 11.5. The second-order valence-corrected chi connectivity index (χ2v) is 5.63. The van der Waals surface area contributed by atoms with Crippen molar-refractivity contribution in [1.29, 1.82) is 0 Å². The van der Waals surface area contributed by atoms with Gasteiger partial charge in [-0.05, 0) is 38.1 Å². The van der Waals surface area contributed by atoms with Crippen molar-refractivity contribution in [2.24, 2.45) is 4.99 Å². The molecule has 0 saturated heterocycles. The van der Waals surface area contributed by atoms with Crippen LogP contribution in [0, 0.1) is 0 Å². The lowest BCUT2D eigenvalue weighted by Crippen LogP contribution is -2.20. The summed E-state index contributed by atoms with van der Waals surface area (Å²) >= 11 is 0.807. The van der Waals surface area contributed by atoms with Crippen LogP contribution in [0.4, 0.5) is 5.69 Å². The van der Waals surface area contributed by atoms with Crippen LogP contribution in [0.2, 0.25) is 0 Å². The second kappa shape index (κ2) is 8.30. The molecule has 1 aromatic carbocycles. The Morgan fingerprint density at radius 3 is 2.62 bits per heavy atom. The maximum Gasteiger partial charge on any atom is 0.326 e. The molecule has 0 atom stereocenters. The van der Waals surface area contributed by atoms with Gasteiger partial charge in [0.2, 0.25) is 5.88 Å². The molecule has 0 aliphatic heterocycles. The van der Waals surface area contributed by atoms with Crippen LogP contribution in [-0.2, 0) is 16.1 Å². The van der Waals surface area contributed by atoms with Gasteiger partial charge in [-0.15, -0.1) is 0 Å². The number of aromatic nitrogens is 1. The molecule has 1 aromatic heterocycles. The molecule has 1 heterocycles. The predicted molar refractivity (Wildman–Crippen MR) is 91.7 cm³/mol. The number of aromatic hydroxyl groups is 1. The molecule has 0 unspecified atom stereocenters. The van der Waals surface area contributed by atoms with Gasteiger partial charge in [-0.25, -0.2) is 0 Å². The number of esters is 1. The average molecular weight is 350 g/mol. The van der Waals surface area contributed by atoms with Crippen LogP contribution >= 0.6 is 11.3 Å². The molecule has 1 N–H and O–H groups in total. The van der Waals surface area contributed by atoms with Crippen molar-refractivity contribution in [2.45, 2.75) is 20.4 Å². The molecule has 0 fully saturated rings. The van der Waals surface area contributed by atoms with E-state index in [9.17, 15) is 14.7 Å². The lowest BCUT2D eigenvalue weighted by molar-refractivity contribution is -0.143. The van der Waals surface area contributed by atoms with E-state index in [0.29, 0.717) is 12.3 Å².